The van der Waals surface area contributed by atoms with Crippen LogP contribution in [0.2, 0.25) is 0 Å². The second-order valence-electron chi connectivity index (χ2n) is 6.12. The van der Waals surface area contributed by atoms with E-state index in [0.29, 0.717) is 27.6 Å². The third-order valence-corrected chi connectivity index (χ3v) is 5.65. The van der Waals surface area contributed by atoms with E-state index < -0.39 is 17.3 Å². The molecule has 0 N–H and O–H groups in total. The van der Waals surface area contributed by atoms with Crippen molar-refractivity contribution in [2.24, 2.45) is 10.1 Å². The molecule has 0 aliphatic carbocycles. The Morgan fingerprint density at radius 2 is 2.29 bits per heavy atom. The Kier molecular flexibility index (Phi) is 8.44. The van der Waals surface area contributed by atoms with Crippen LogP contribution < -0.4 is 0 Å². The maximum absolute atomic E-state index is 12.1. The van der Waals surface area contributed by atoms with Crippen LogP contribution in [-0.4, -0.2) is 50.6 Å². The Labute approximate surface area is 187 Å². The molecule has 0 aromatic carbocycles. The molecule has 162 valence electrons. The second-order valence-corrected chi connectivity index (χ2v) is 8.42. The molecule has 2 aromatic rings. The molecule has 2 atom stereocenters. The molecule has 0 saturated carbocycles. The minimum Gasteiger partial charge on any atom is -0.612 e. The van der Waals surface area contributed by atoms with Crippen molar-refractivity contribution in [3.63, 3.8) is 0 Å². The smallest absolute Gasteiger partial charge is 0.263 e. The van der Waals surface area contributed by atoms with Gasteiger partial charge in [-0.1, -0.05) is 11.7 Å². The zero-order valence-corrected chi connectivity index (χ0v) is 18.6. The highest BCUT2D eigenvalue weighted by atomic mass is 32.2. The first kappa shape index (κ1) is 22.8. The summed E-state index contributed by atoms with van der Waals surface area (Å²) in [6.45, 7) is 3.89. The van der Waals surface area contributed by atoms with Crippen LogP contribution in [0.1, 0.15) is 29.7 Å². The average Bonchev–Trinajstić information content (AvgIpc) is 3.30. The number of oxime groups is 1. The number of pyridine rings is 1. The molecule has 0 spiro atoms. The topological polar surface area (TPSA) is 118 Å². The fourth-order valence-electron chi connectivity index (χ4n) is 2.54. The van der Waals surface area contributed by atoms with E-state index >= 15 is 0 Å². The van der Waals surface area contributed by atoms with Gasteiger partial charge in [0.25, 0.3) is 5.89 Å². The maximum Gasteiger partial charge on any atom is 0.263 e. The maximum atomic E-state index is 12.1. The molecular formula is C20H21N5O4S2. The Hall–Kier alpha value is -2.89. The number of hydrogen-bond acceptors (Lipinski definition) is 10. The van der Waals surface area contributed by atoms with Gasteiger partial charge in [0, 0.05) is 5.75 Å². The van der Waals surface area contributed by atoms with Gasteiger partial charge in [-0.15, -0.1) is 22.0 Å². The van der Waals surface area contributed by atoms with E-state index in [1.807, 2.05) is 6.08 Å². The highest BCUT2D eigenvalue weighted by Crippen LogP contribution is 2.28. The van der Waals surface area contributed by atoms with Gasteiger partial charge in [-0.2, -0.15) is 0 Å². The summed E-state index contributed by atoms with van der Waals surface area (Å²) < 4.78 is 23.7. The monoisotopic (exact) mass is 459 g/mol. The van der Waals surface area contributed by atoms with Crippen LogP contribution in [0.15, 0.2) is 74.4 Å². The molecule has 11 heteroatoms. The van der Waals surface area contributed by atoms with Crippen LogP contribution in [0.3, 0.4) is 0 Å². The average molecular weight is 460 g/mol. The lowest BCUT2D eigenvalue weighted by Gasteiger charge is -2.18. The number of allylic oxidation sites excluding steroid dienone is 3. The number of aromatic nitrogens is 3. The summed E-state index contributed by atoms with van der Waals surface area (Å²) in [5, 5.41) is 11.5. The lowest BCUT2D eigenvalue weighted by atomic mass is 10.1. The van der Waals surface area contributed by atoms with Gasteiger partial charge in [-0.05, 0) is 41.9 Å². The number of aliphatic imine (C=N–C) groups is 1. The van der Waals surface area contributed by atoms with Gasteiger partial charge in [-0.3, -0.25) is 9.98 Å². The van der Waals surface area contributed by atoms with Crippen LogP contribution in [0.25, 0.3) is 0 Å². The molecule has 2 unspecified atom stereocenters. The van der Waals surface area contributed by atoms with Crippen molar-refractivity contribution in [1.82, 2.24) is 15.2 Å². The lowest BCUT2D eigenvalue weighted by Crippen LogP contribution is -2.12. The fourth-order valence-corrected chi connectivity index (χ4v) is 3.76. The van der Waals surface area contributed by atoms with Crippen molar-refractivity contribution in [2.45, 2.75) is 17.4 Å². The van der Waals surface area contributed by atoms with E-state index in [2.05, 4.69) is 31.9 Å². The predicted molar refractivity (Wildman–Crippen MR) is 120 cm³/mol. The van der Waals surface area contributed by atoms with Gasteiger partial charge in [0.2, 0.25) is 12.5 Å². The van der Waals surface area contributed by atoms with Gasteiger partial charge in [0.15, 0.2) is 4.90 Å². The second kappa shape index (κ2) is 11.5. The Bertz CT molecular complexity index is 1000. The number of ether oxygens (including phenoxy) is 1. The molecule has 1 aliphatic rings. The zero-order chi connectivity index (χ0) is 22.1. The summed E-state index contributed by atoms with van der Waals surface area (Å²) in [5.74, 6) is 1.65. The summed E-state index contributed by atoms with van der Waals surface area (Å²) in [6, 6.07) is 1.71. The molecule has 2 aromatic heterocycles. The molecule has 3 rings (SSSR count). The predicted octanol–water partition coefficient (Wildman–Crippen LogP) is 3.41. The molecule has 31 heavy (non-hydrogen) atoms. The molecule has 3 heterocycles. The Morgan fingerprint density at radius 3 is 3.03 bits per heavy atom. The zero-order valence-electron chi connectivity index (χ0n) is 17.0. The van der Waals surface area contributed by atoms with E-state index in [1.54, 1.807) is 41.8 Å². The summed E-state index contributed by atoms with van der Waals surface area (Å²) in [5.41, 5.74) is 3.44. The molecule has 1 aliphatic heterocycles. The van der Waals surface area contributed by atoms with Crippen molar-refractivity contribution in [3.05, 3.63) is 72.1 Å². The highest BCUT2D eigenvalue weighted by Gasteiger charge is 2.26. The van der Waals surface area contributed by atoms with E-state index in [9.17, 15) is 4.55 Å². The number of rotatable bonds is 7. The van der Waals surface area contributed by atoms with E-state index in [1.165, 1.54) is 25.9 Å². The number of thioether (sulfide) groups is 1. The molecular weight excluding hydrogens is 438 g/mol. The summed E-state index contributed by atoms with van der Waals surface area (Å²) in [4.78, 5) is 14.0. The van der Waals surface area contributed by atoms with Crippen molar-refractivity contribution in [1.29, 1.82) is 0 Å². The van der Waals surface area contributed by atoms with Gasteiger partial charge in [-0.25, -0.2) is 0 Å². The molecule has 9 nitrogen and oxygen atoms in total. The third-order valence-electron chi connectivity index (χ3n) is 3.96. The van der Waals surface area contributed by atoms with Crippen LogP contribution in [-0.2, 0) is 20.8 Å². The minimum absolute atomic E-state index is 0.227. The Morgan fingerprint density at radius 1 is 1.42 bits per heavy atom. The summed E-state index contributed by atoms with van der Waals surface area (Å²) >= 11 is 0.320. The SMILES string of the molecule is C=C1/C=C\C(OC(c2cc(/C=N/OC)c([S+](C)[O-])cn2)c2nnco2)=C/CCS/C=N\1. The number of nitrogens with zero attached hydrogens (tertiary/aromatic N) is 5. The van der Waals surface area contributed by atoms with Crippen LogP contribution in [0, 0.1) is 0 Å². The first-order valence-electron chi connectivity index (χ1n) is 9.12. The van der Waals surface area contributed by atoms with Crippen molar-refractivity contribution >= 4 is 34.7 Å². The molecule has 0 bridgehead atoms. The minimum atomic E-state index is -1.27. The fraction of sp³-hybridized carbons (Fsp3) is 0.250. The van der Waals surface area contributed by atoms with Crippen LogP contribution >= 0.6 is 11.8 Å². The molecule has 0 amide bonds. The van der Waals surface area contributed by atoms with Gasteiger partial charge in [0.05, 0.1) is 34.9 Å². The molecule has 0 radical (unpaired) electrons. The number of hydrogen-bond donors (Lipinski definition) is 0. The lowest BCUT2D eigenvalue weighted by molar-refractivity contribution is 0.129. The Balaban J connectivity index is 1.98. The van der Waals surface area contributed by atoms with E-state index in [0.717, 1.165) is 12.2 Å². The summed E-state index contributed by atoms with van der Waals surface area (Å²) in [6.07, 6.45) is 11.2. The van der Waals surface area contributed by atoms with Crippen LogP contribution in [0.4, 0.5) is 0 Å². The van der Waals surface area contributed by atoms with Crippen molar-refractivity contribution in [3.8, 4) is 0 Å². The van der Waals surface area contributed by atoms with E-state index in [-0.39, 0.29) is 5.89 Å². The van der Waals surface area contributed by atoms with E-state index in [4.69, 9.17) is 14.0 Å². The third kappa shape index (κ3) is 6.54. The first-order valence-corrected chi connectivity index (χ1v) is 11.7. The van der Waals surface area contributed by atoms with Crippen molar-refractivity contribution < 1.29 is 18.5 Å². The molecule has 0 saturated heterocycles. The van der Waals surface area contributed by atoms with Gasteiger partial charge >= 0.3 is 0 Å². The van der Waals surface area contributed by atoms with Gasteiger partial charge < -0.3 is 18.5 Å². The highest BCUT2D eigenvalue weighted by molar-refractivity contribution is 8.12. The van der Waals surface area contributed by atoms with Crippen LogP contribution in [0.5, 0.6) is 0 Å². The normalized spacial score (nSPS) is 20.5. The summed E-state index contributed by atoms with van der Waals surface area (Å²) in [7, 11) is 1.43. The standard InChI is InChI=1S/C20H21N5O4S2/c1-14-6-7-16(5-4-8-30-13-22-14)29-19(20-25-23-12-28-20)17-9-15(10-24-27-2)18(11-21-17)31(3)26/h5-7,9-13,19H,1,4,8H2,2-3H3/b7-6-,16-5+,22-13-,24-10+. The molecule has 0 fully saturated rings. The largest absolute Gasteiger partial charge is 0.612 e. The first-order chi connectivity index (χ1) is 15.1. The van der Waals surface area contributed by atoms with Crippen molar-refractivity contribution in [2.75, 3.05) is 19.1 Å². The van der Waals surface area contributed by atoms with Gasteiger partial charge in [0.1, 0.15) is 19.1 Å². The quantitative estimate of drug-likeness (QED) is 0.351.